The predicted octanol–water partition coefficient (Wildman–Crippen LogP) is 2.09. The minimum atomic E-state index is -3.63. The van der Waals surface area contributed by atoms with Gasteiger partial charge in [-0.05, 0) is 43.7 Å². The van der Waals surface area contributed by atoms with Crippen LogP contribution in [0.3, 0.4) is 0 Å². The molecule has 6 nitrogen and oxygen atoms in total. The minimum Gasteiger partial charge on any atom is -0.311 e. The maximum atomic E-state index is 13.0. The molecule has 7 heteroatoms. The Morgan fingerprint density at radius 3 is 2.44 bits per heavy atom. The van der Waals surface area contributed by atoms with Crippen molar-refractivity contribution in [3.63, 3.8) is 0 Å². The molecule has 1 aromatic carbocycles. The van der Waals surface area contributed by atoms with Crippen molar-refractivity contribution in [2.45, 2.75) is 38.6 Å². The molecule has 1 unspecified atom stereocenters. The molecule has 0 spiro atoms. The van der Waals surface area contributed by atoms with Gasteiger partial charge in [-0.2, -0.15) is 17.0 Å². The van der Waals surface area contributed by atoms with Crippen LogP contribution in [0.2, 0.25) is 0 Å². The summed E-state index contributed by atoms with van der Waals surface area (Å²) in [6.07, 6.45) is 3.55. The number of hydrogen-bond donors (Lipinski definition) is 0. The van der Waals surface area contributed by atoms with E-state index in [9.17, 15) is 13.2 Å². The molecule has 1 saturated heterocycles. The van der Waals surface area contributed by atoms with Gasteiger partial charge < -0.3 is 4.90 Å². The highest BCUT2D eigenvalue weighted by atomic mass is 32.2. The van der Waals surface area contributed by atoms with Gasteiger partial charge in [-0.1, -0.05) is 25.1 Å². The Morgan fingerprint density at radius 1 is 1.16 bits per heavy atom. The van der Waals surface area contributed by atoms with E-state index in [4.69, 9.17) is 0 Å². The monoisotopic (exact) mass is 365 g/mol. The zero-order chi connectivity index (χ0) is 18.0. The van der Waals surface area contributed by atoms with E-state index in [0.717, 1.165) is 24.9 Å². The second-order valence-electron chi connectivity index (χ2n) is 6.90. The quantitative estimate of drug-likeness (QED) is 0.743. The first-order chi connectivity index (χ1) is 11.9. The molecular weight excluding hydrogens is 338 g/mol. The van der Waals surface area contributed by atoms with Gasteiger partial charge in [-0.25, -0.2) is 0 Å². The van der Waals surface area contributed by atoms with Crippen LogP contribution in [-0.2, 0) is 15.0 Å². The van der Waals surface area contributed by atoms with Crippen LogP contribution in [0.4, 0.5) is 5.69 Å². The fourth-order valence-corrected chi connectivity index (χ4v) is 4.98. The molecule has 3 rings (SSSR count). The van der Waals surface area contributed by atoms with Gasteiger partial charge in [0, 0.05) is 32.4 Å². The number of carbonyl (C=O) groups is 1. The van der Waals surface area contributed by atoms with Crippen molar-refractivity contribution in [2.75, 3.05) is 31.6 Å². The Morgan fingerprint density at radius 2 is 1.84 bits per heavy atom. The number of anilines is 1. The smallest absolute Gasteiger partial charge is 0.282 e. The van der Waals surface area contributed by atoms with Crippen molar-refractivity contribution in [1.82, 2.24) is 8.61 Å². The molecule has 1 aliphatic heterocycles. The first-order valence-corrected chi connectivity index (χ1v) is 10.4. The Bertz CT molecular complexity index is 704. The van der Waals surface area contributed by atoms with Crippen LogP contribution < -0.4 is 4.90 Å². The fourth-order valence-electron chi connectivity index (χ4n) is 3.38. The molecule has 0 N–H and O–H groups in total. The van der Waals surface area contributed by atoms with Gasteiger partial charge in [0.1, 0.15) is 6.04 Å². The summed E-state index contributed by atoms with van der Waals surface area (Å²) in [5.41, 5.74) is 0.827. The van der Waals surface area contributed by atoms with Crippen LogP contribution in [0, 0.1) is 5.92 Å². The number of nitrogens with zero attached hydrogens (tertiary/aromatic N) is 3. The number of amides is 1. The number of para-hydroxylation sites is 1. The average Bonchev–Trinajstić information content (AvgIpc) is 3.44. The molecule has 2 aliphatic rings. The molecule has 0 radical (unpaired) electrons. The van der Waals surface area contributed by atoms with E-state index in [1.807, 2.05) is 37.3 Å². The van der Waals surface area contributed by atoms with Gasteiger partial charge in [-0.3, -0.25) is 4.79 Å². The lowest BCUT2D eigenvalue weighted by Crippen LogP contribution is -2.56. The molecule has 1 amide bonds. The molecule has 0 bridgehead atoms. The normalized spacial score (nSPS) is 22.0. The molecule has 1 aromatic rings. The van der Waals surface area contributed by atoms with Gasteiger partial charge in [0.25, 0.3) is 10.2 Å². The lowest BCUT2D eigenvalue weighted by molar-refractivity contribution is -0.123. The van der Waals surface area contributed by atoms with Crippen molar-refractivity contribution in [2.24, 2.45) is 5.92 Å². The summed E-state index contributed by atoms with van der Waals surface area (Å²) in [6.45, 7) is 3.48. The molecular formula is C18H27N3O3S. The van der Waals surface area contributed by atoms with Crippen molar-refractivity contribution in [3.8, 4) is 0 Å². The van der Waals surface area contributed by atoms with E-state index in [-0.39, 0.29) is 5.91 Å². The number of likely N-dealkylation sites (N-methyl/N-ethyl adjacent to an activating group) is 1. The van der Waals surface area contributed by atoms with E-state index < -0.39 is 16.3 Å². The Kier molecular flexibility index (Phi) is 5.46. The molecule has 0 aromatic heterocycles. The lowest BCUT2D eigenvalue weighted by atomic mass is 10.0. The third-order valence-electron chi connectivity index (χ3n) is 5.12. The third kappa shape index (κ3) is 3.88. The van der Waals surface area contributed by atoms with Crippen LogP contribution in [0.25, 0.3) is 0 Å². The standard InChI is InChI=1S/C18H27N3O3S/c1-3-20(14-15-11-12-15)25(23,24)19(2)17-10-7-13-21(18(17)22)16-8-5-4-6-9-16/h4-6,8-9,15,17H,3,7,10-14H2,1-2H3. The highest BCUT2D eigenvalue weighted by Crippen LogP contribution is 2.31. The number of benzene rings is 1. The van der Waals surface area contributed by atoms with Gasteiger partial charge in [-0.15, -0.1) is 0 Å². The van der Waals surface area contributed by atoms with Crippen LogP contribution in [0.1, 0.15) is 32.6 Å². The number of carbonyl (C=O) groups excluding carboxylic acids is 1. The SMILES string of the molecule is CCN(CC1CC1)S(=O)(=O)N(C)C1CCCN(c2ccccc2)C1=O. The molecule has 1 heterocycles. The van der Waals surface area contributed by atoms with Gasteiger partial charge >= 0.3 is 0 Å². The molecule has 138 valence electrons. The zero-order valence-corrected chi connectivity index (χ0v) is 15.8. The average molecular weight is 365 g/mol. The summed E-state index contributed by atoms with van der Waals surface area (Å²) in [6, 6.07) is 8.83. The topological polar surface area (TPSA) is 60.9 Å². The lowest BCUT2D eigenvalue weighted by Gasteiger charge is -2.38. The number of piperidine rings is 1. The summed E-state index contributed by atoms with van der Waals surface area (Å²) < 4.78 is 28.8. The fraction of sp³-hybridized carbons (Fsp3) is 0.611. The third-order valence-corrected chi connectivity index (χ3v) is 7.16. The van der Waals surface area contributed by atoms with Gasteiger partial charge in [0.2, 0.25) is 5.91 Å². The summed E-state index contributed by atoms with van der Waals surface area (Å²) in [5, 5.41) is 0. The minimum absolute atomic E-state index is 0.133. The van der Waals surface area contributed by atoms with Gasteiger partial charge in [0.15, 0.2) is 0 Å². The van der Waals surface area contributed by atoms with Crippen molar-refractivity contribution >= 4 is 21.8 Å². The molecule has 2 fully saturated rings. The van der Waals surface area contributed by atoms with Gasteiger partial charge in [0.05, 0.1) is 0 Å². The Hall–Kier alpha value is -1.44. The van der Waals surface area contributed by atoms with E-state index in [0.29, 0.717) is 32.0 Å². The highest BCUT2D eigenvalue weighted by Gasteiger charge is 2.40. The Labute approximate surface area is 150 Å². The summed E-state index contributed by atoms with van der Waals surface area (Å²) in [4.78, 5) is 14.7. The number of rotatable bonds is 7. The van der Waals surface area contributed by atoms with Crippen molar-refractivity contribution in [1.29, 1.82) is 0 Å². The predicted molar refractivity (Wildman–Crippen MR) is 98.5 cm³/mol. The zero-order valence-electron chi connectivity index (χ0n) is 15.0. The van der Waals surface area contributed by atoms with Crippen molar-refractivity contribution < 1.29 is 13.2 Å². The van der Waals surface area contributed by atoms with E-state index in [1.165, 1.54) is 8.61 Å². The van der Waals surface area contributed by atoms with Crippen LogP contribution in [0.5, 0.6) is 0 Å². The second kappa shape index (κ2) is 7.43. The van der Waals surface area contributed by atoms with Crippen LogP contribution in [-0.4, -0.2) is 55.7 Å². The molecule has 1 aliphatic carbocycles. The van der Waals surface area contributed by atoms with Crippen LogP contribution in [0.15, 0.2) is 30.3 Å². The first kappa shape index (κ1) is 18.4. The summed E-state index contributed by atoms with van der Waals surface area (Å²) in [7, 11) is -2.08. The van der Waals surface area contributed by atoms with E-state index >= 15 is 0 Å². The number of hydrogen-bond acceptors (Lipinski definition) is 3. The second-order valence-corrected chi connectivity index (χ2v) is 8.89. The van der Waals surface area contributed by atoms with Crippen LogP contribution >= 0.6 is 0 Å². The molecule has 1 atom stereocenters. The first-order valence-electron chi connectivity index (χ1n) is 9.04. The highest BCUT2D eigenvalue weighted by molar-refractivity contribution is 7.86. The maximum Gasteiger partial charge on any atom is 0.282 e. The molecule has 1 saturated carbocycles. The van der Waals surface area contributed by atoms with Crippen molar-refractivity contribution in [3.05, 3.63) is 30.3 Å². The Balaban J connectivity index is 1.78. The maximum absolute atomic E-state index is 13.0. The molecule has 25 heavy (non-hydrogen) atoms. The largest absolute Gasteiger partial charge is 0.311 e. The van der Waals surface area contributed by atoms with E-state index in [2.05, 4.69) is 0 Å². The van der Waals surface area contributed by atoms with E-state index in [1.54, 1.807) is 11.9 Å². The summed E-state index contributed by atoms with van der Waals surface area (Å²) >= 11 is 0. The summed E-state index contributed by atoms with van der Waals surface area (Å²) in [5.74, 6) is 0.344.